The van der Waals surface area contributed by atoms with E-state index in [9.17, 15) is 18.8 Å². The van der Waals surface area contributed by atoms with Gasteiger partial charge < -0.3 is 21.7 Å². The first-order valence-corrected chi connectivity index (χ1v) is 9.30. The van der Waals surface area contributed by atoms with Gasteiger partial charge in [-0.1, -0.05) is 12.8 Å². The molecule has 2 fully saturated rings. The van der Waals surface area contributed by atoms with Crippen molar-refractivity contribution in [3.8, 4) is 0 Å². The van der Waals surface area contributed by atoms with Crippen LogP contribution in [0, 0.1) is 17.2 Å². The Morgan fingerprint density at radius 3 is 2.89 bits per heavy atom. The number of anilines is 1. The number of nitrogens with one attached hydrogen (secondary N) is 3. The fourth-order valence-electron chi connectivity index (χ4n) is 4.10. The lowest BCUT2D eigenvalue weighted by atomic mass is 9.67. The molecule has 1 aromatic carbocycles. The van der Waals surface area contributed by atoms with Gasteiger partial charge in [-0.05, 0) is 43.5 Å². The van der Waals surface area contributed by atoms with Crippen molar-refractivity contribution >= 4 is 23.4 Å². The lowest BCUT2D eigenvalue weighted by Crippen LogP contribution is -2.44. The molecular formula is C19H25FN4O3. The van der Waals surface area contributed by atoms with E-state index in [4.69, 9.17) is 5.73 Å². The first-order chi connectivity index (χ1) is 12.9. The molecule has 0 unspecified atom stereocenters. The standard InChI is InChI=1S/C19H25FN4O3/c20-14-5-4-12(17(26)23-8-6-16(21)25)9-15(14)24-18(27)19-7-2-1-3-13(19)10-22-11-19/h4-5,9,13,22H,1-3,6-8,10-11H2,(H2,21,25)(H,23,26)(H,24,27)/t13-,19+/m0/s1. The lowest BCUT2D eigenvalue weighted by Gasteiger charge is -2.37. The Kier molecular flexibility index (Phi) is 5.74. The van der Waals surface area contributed by atoms with Crippen molar-refractivity contribution in [1.82, 2.24) is 10.6 Å². The fourth-order valence-corrected chi connectivity index (χ4v) is 4.10. The van der Waals surface area contributed by atoms with E-state index in [-0.39, 0.29) is 36.0 Å². The van der Waals surface area contributed by atoms with Gasteiger partial charge in [0.05, 0.1) is 11.1 Å². The van der Waals surface area contributed by atoms with E-state index in [1.807, 2.05) is 0 Å². The van der Waals surface area contributed by atoms with Crippen molar-refractivity contribution < 1.29 is 18.8 Å². The molecule has 2 atom stereocenters. The van der Waals surface area contributed by atoms with Crippen molar-refractivity contribution in [2.45, 2.75) is 32.1 Å². The number of benzene rings is 1. The minimum absolute atomic E-state index is 0.00634. The summed E-state index contributed by atoms with van der Waals surface area (Å²) in [5, 5.41) is 8.54. The predicted octanol–water partition coefficient (Wildman–Crippen LogP) is 1.15. The van der Waals surface area contributed by atoms with E-state index in [0.717, 1.165) is 38.3 Å². The van der Waals surface area contributed by atoms with Crippen LogP contribution in [0.25, 0.3) is 0 Å². The van der Waals surface area contributed by atoms with Crippen molar-refractivity contribution in [1.29, 1.82) is 0 Å². The second-order valence-electron chi connectivity index (χ2n) is 7.35. The summed E-state index contributed by atoms with van der Waals surface area (Å²) in [6, 6.07) is 3.81. The number of nitrogens with two attached hydrogens (primary N) is 1. The largest absolute Gasteiger partial charge is 0.370 e. The minimum atomic E-state index is -0.591. The Morgan fingerprint density at radius 1 is 1.30 bits per heavy atom. The first kappa shape index (κ1) is 19.3. The summed E-state index contributed by atoms with van der Waals surface area (Å²) in [5.41, 5.74) is 4.73. The van der Waals surface area contributed by atoms with Gasteiger partial charge in [-0.2, -0.15) is 0 Å². The molecule has 1 aliphatic heterocycles. The Bertz CT molecular complexity index is 754. The van der Waals surface area contributed by atoms with Crippen LogP contribution in [0.4, 0.5) is 10.1 Å². The summed E-state index contributed by atoms with van der Waals surface area (Å²) in [5.74, 6) is -1.50. The SMILES string of the molecule is NC(=O)CCNC(=O)c1ccc(F)c(NC(=O)[C@@]23CCCC[C@H]2CNC3)c1. The number of hydrogen-bond donors (Lipinski definition) is 4. The zero-order chi connectivity index (χ0) is 19.4. The number of amides is 3. The van der Waals surface area contributed by atoms with Crippen molar-refractivity contribution in [2.24, 2.45) is 17.1 Å². The van der Waals surface area contributed by atoms with Crippen LogP contribution in [0.2, 0.25) is 0 Å². The van der Waals surface area contributed by atoms with Crippen LogP contribution in [0.5, 0.6) is 0 Å². The van der Waals surface area contributed by atoms with Crippen LogP contribution in [-0.4, -0.2) is 37.4 Å². The van der Waals surface area contributed by atoms with E-state index >= 15 is 0 Å². The number of primary amides is 1. The summed E-state index contributed by atoms with van der Waals surface area (Å²) in [7, 11) is 0. The summed E-state index contributed by atoms with van der Waals surface area (Å²) < 4.78 is 14.2. The number of rotatable bonds is 6. The van der Waals surface area contributed by atoms with E-state index in [1.165, 1.54) is 12.1 Å². The number of halogens is 1. The summed E-state index contributed by atoms with van der Waals surface area (Å²) in [6.07, 6.45) is 3.89. The highest BCUT2D eigenvalue weighted by Crippen LogP contribution is 2.44. The van der Waals surface area contributed by atoms with Gasteiger partial charge in [-0.15, -0.1) is 0 Å². The van der Waals surface area contributed by atoms with Crippen LogP contribution in [0.1, 0.15) is 42.5 Å². The third-order valence-corrected chi connectivity index (χ3v) is 5.62. The molecule has 5 N–H and O–H groups in total. The van der Waals surface area contributed by atoms with Crippen LogP contribution in [0.15, 0.2) is 18.2 Å². The van der Waals surface area contributed by atoms with Gasteiger partial charge >= 0.3 is 0 Å². The molecule has 0 radical (unpaired) electrons. The molecule has 3 rings (SSSR count). The van der Waals surface area contributed by atoms with E-state index < -0.39 is 23.0 Å². The van der Waals surface area contributed by atoms with E-state index in [1.54, 1.807) is 0 Å². The Balaban J connectivity index is 1.72. The topological polar surface area (TPSA) is 113 Å². The highest BCUT2D eigenvalue weighted by atomic mass is 19.1. The van der Waals surface area contributed by atoms with Crippen molar-refractivity contribution in [3.05, 3.63) is 29.6 Å². The van der Waals surface area contributed by atoms with Gasteiger partial charge in [0.25, 0.3) is 5.91 Å². The fraction of sp³-hybridized carbons (Fsp3) is 0.526. The maximum Gasteiger partial charge on any atom is 0.251 e. The molecule has 3 amide bonds. The molecule has 0 bridgehead atoms. The monoisotopic (exact) mass is 376 g/mol. The molecule has 1 saturated heterocycles. The molecule has 7 nitrogen and oxygen atoms in total. The highest BCUT2D eigenvalue weighted by Gasteiger charge is 2.49. The molecule has 1 aliphatic carbocycles. The van der Waals surface area contributed by atoms with Gasteiger partial charge in [0.2, 0.25) is 11.8 Å². The molecule has 27 heavy (non-hydrogen) atoms. The maximum absolute atomic E-state index is 14.2. The molecule has 8 heteroatoms. The summed E-state index contributed by atoms with van der Waals surface area (Å²) >= 11 is 0. The van der Waals surface area contributed by atoms with Crippen LogP contribution in [-0.2, 0) is 9.59 Å². The molecule has 0 aromatic heterocycles. The third-order valence-electron chi connectivity index (χ3n) is 5.62. The number of carbonyl (C=O) groups is 3. The second kappa shape index (κ2) is 8.04. The number of fused-ring (bicyclic) bond motifs is 1. The Hall–Kier alpha value is -2.48. The molecule has 2 aliphatic rings. The van der Waals surface area contributed by atoms with Gasteiger partial charge in [0.15, 0.2) is 0 Å². The minimum Gasteiger partial charge on any atom is -0.370 e. The summed E-state index contributed by atoms with van der Waals surface area (Å²) in [6.45, 7) is 1.50. The summed E-state index contributed by atoms with van der Waals surface area (Å²) in [4.78, 5) is 35.9. The van der Waals surface area contributed by atoms with E-state index in [0.29, 0.717) is 6.54 Å². The molecular weight excluding hydrogens is 351 g/mol. The van der Waals surface area contributed by atoms with Gasteiger partial charge in [-0.25, -0.2) is 4.39 Å². The van der Waals surface area contributed by atoms with Crippen molar-refractivity contribution in [2.75, 3.05) is 25.0 Å². The van der Waals surface area contributed by atoms with Gasteiger partial charge in [-0.3, -0.25) is 14.4 Å². The Morgan fingerprint density at radius 2 is 2.11 bits per heavy atom. The quantitative estimate of drug-likeness (QED) is 0.596. The van der Waals surface area contributed by atoms with Crippen LogP contribution in [0.3, 0.4) is 0 Å². The third kappa shape index (κ3) is 4.10. The average Bonchev–Trinajstić information content (AvgIpc) is 3.08. The molecule has 1 heterocycles. The predicted molar refractivity (Wildman–Crippen MR) is 98.4 cm³/mol. The molecule has 0 spiro atoms. The first-order valence-electron chi connectivity index (χ1n) is 9.30. The van der Waals surface area contributed by atoms with E-state index in [2.05, 4.69) is 16.0 Å². The van der Waals surface area contributed by atoms with Gasteiger partial charge in [0, 0.05) is 25.1 Å². The molecule has 146 valence electrons. The zero-order valence-electron chi connectivity index (χ0n) is 15.1. The molecule has 1 aromatic rings. The second-order valence-corrected chi connectivity index (χ2v) is 7.35. The number of carbonyl (C=O) groups excluding carboxylic acids is 3. The van der Waals surface area contributed by atoms with Crippen LogP contribution >= 0.6 is 0 Å². The lowest BCUT2D eigenvalue weighted by molar-refractivity contribution is -0.128. The maximum atomic E-state index is 14.2. The molecule has 1 saturated carbocycles. The number of hydrogen-bond acceptors (Lipinski definition) is 4. The van der Waals surface area contributed by atoms with Gasteiger partial charge in [0.1, 0.15) is 5.82 Å². The highest BCUT2D eigenvalue weighted by molar-refractivity contribution is 5.99. The zero-order valence-corrected chi connectivity index (χ0v) is 15.1. The normalized spacial score (nSPS) is 24.1. The van der Waals surface area contributed by atoms with Crippen LogP contribution < -0.4 is 21.7 Å². The Labute approximate surface area is 157 Å². The average molecular weight is 376 g/mol. The van der Waals surface area contributed by atoms with Crippen molar-refractivity contribution in [3.63, 3.8) is 0 Å². The smallest absolute Gasteiger partial charge is 0.251 e.